The van der Waals surface area contributed by atoms with Crippen molar-refractivity contribution in [2.24, 2.45) is 5.41 Å². The second kappa shape index (κ2) is 3.33. The molecule has 0 radical (unpaired) electrons. The van der Waals surface area contributed by atoms with E-state index < -0.39 is 0 Å². The van der Waals surface area contributed by atoms with Crippen LogP contribution in [0.5, 0.6) is 0 Å². The molecule has 76 valence electrons. The lowest BCUT2D eigenvalue weighted by molar-refractivity contribution is 0.0925. The first-order valence-electron chi connectivity index (χ1n) is 4.38. The highest BCUT2D eigenvalue weighted by Gasteiger charge is 2.42. The van der Waals surface area contributed by atoms with Crippen LogP contribution >= 0.6 is 0 Å². The number of aromatic nitrogens is 4. The van der Waals surface area contributed by atoms with Crippen LogP contribution in [0.2, 0.25) is 0 Å². The molecule has 0 spiro atoms. The molecule has 3 N–H and O–H groups in total. The van der Waals surface area contributed by atoms with Crippen LogP contribution in [-0.2, 0) is 0 Å². The highest BCUT2D eigenvalue weighted by Crippen LogP contribution is 2.44. The Morgan fingerprint density at radius 2 is 2.43 bits per heavy atom. The fourth-order valence-corrected chi connectivity index (χ4v) is 1.17. The predicted molar refractivity (Wildman–Crippen MR) is 45.3 cm³/mol. The Kier molecular flexibility index (Phi) is 2.16. The van der Waals surface area contributed by atoms with Crippen LogP contribution in [0.25, 0.3) is 0 Å². The Balaban J connectivity index is 1.84. The zero-order chi connectivity index (χ0) is 10.0. The number of H-pyrrole nitrogens is 1. The van der Waals surface area contributed by atoms with E-state index in [-0.39, 0.29) is 23.8 Å². The second-order valence-electron chi connectivity index (χ2n) is 3.58. The van der Waals surface area contributed by atoms with Crippen molar-refractivity contribution in [3.8, 4) is 0 Å². The monoisotopic (exact) mass is 197 g/mol. The van der Waals surface area contributed by atoms with Crippen molar-refractivity contribution in [1.82, 2.24) is 25.9 Å². The number of aliphatic hydroxyl groups is 1. The van der Waals surface area contributed by atoms with Gasteiger partial charge in [0.1, 0.15) is 0 Å². The van der Waals surface area contributed by atoms with Crippen molar-refractivity contribution in [2.45, 2.75) is 12.8 Å². The fourth-order valence-electron chi connectivity index (χ4n) is 1.17. The lowest BCUT2D eigenvalue weighted by Gasteiger charge is -2.10. The maximum absolute atomic E-state index is 11.3. The maximum atomic E-state index is 11.3. The van der Waals surface area contributed by atoms with Crippen molar-refractivity contribution < 1.29 is 9.90 Å². The van der Waals surface area contributed by atoms with Gasteiger partial charge < -0.3 is 10.4 Å². The Morgan fingerprint density at radius 3 is 2.93 bits per heavy atom. The van der Waals surface area contributed by atoms with E-state index in [1.165, 1.54) is 0 Å². The molecule has 0 saturated heterocycles. The number of hydrogen-bond donors (Lipinski definition) is 3. The van der Waals surface area contributed by atoms with Crippen molar-refractivity contribution >= 4 is 5.91 Å². The van der Waals surface area contributed by atoms with Gasteiger partial charge in [-0.2, -0.15) is 5.21 Å². The highest BCUT2D eigenvalue weighted by molar-refractivity contribution is 5.90. The number of aliphatic hydroxyl groups excluding tert-OH is 1. The molecule has 1 aromatic heterocycles. The van der Waals surface area contributed by atoms with E-state index in [4.69, 9.17) is 5.11 Å². The van der Waals surface area contributed by atoms with Crippen LogP contribution in [-0.4, -0.2) is 44.8 Å². The number of carbonyl (C=O) groups is 1. The number of amides is 1. The molecular formula is C7H11N5O2. The van der Waals surface area contributed by atoms with Gasteiger partial charge in [-0.05, 0) is 18.1 Å². The van der Waals surface area contributed by atoms with Gasteiger partial charge in [0.15, 0.2) is 0 Å². The standard InChI is InChI=1S/C7H11N5O2/c13-4-7(1-2-7)3-8-6(14)5-9-11-12-10-5/h13H,1-4H2,(H,8,14)(H,9,10,11,12). The van der Waals surface area contributed by atoms with E-state index in [9.17, 15) is 4.79 Å². The number of nitrogens with zero attached hydrogens (tertiary/aromatic N) is 3. The zero-order valence-electron chi connectivity index (χ0n) is 7.53. The average Bonchev–Trinajstić information content (AvgIpc) is 2.78. The summed E-state index contributed by atoms with van der Waals surface area (Å²) in [5.41, 5.74) is -0.0978. The van der Waals surface area contributed by atoms with Crippen LogP contribution < -0.4 is 5.32 Å². The molecule has 7 nitrogen and oxygen atoms in total. The molecule has 14 heavy (non-hydrogen) atoms. The summed E-state index contributed by atoms with van der Waals surface area (Å²) in [6, 6.07) is 0. The molecule has 0 aromatic carbocycles. The minimum absolute atomic E-state index is 0.0266. The minimum Gasteiger partial charge on any atom is -0.396 e. The van der Waals surface area contributed by atoms with Crippen LogP contribution in [0, 0.1) is 5.41 Å². The summed E-state index contributed by atoms with van der Waals surface area (Å²) in [6.07, 6.45) is 1.91. The van der Waals surface area contributed by atoms with E-state index in [1.54, 1.807) is 0 Å². The van der Waals surface area contributed by atoms with Crippen molar-refractivity contribution in [2.75, 3.05) is 13.2 Å². The van der Waals surface area contributed by atoms with Gasteiger partial charge in [-0.25, -0.2) is 0 Å². The number of hydrogen-bond acceptors (Lipinski definition) is 5. The van der Waals surface area contributed by atoms with Crippen molar-refractivity contribution in [3.63, 3.8) is 0 Å². The second-order valence-corrected chi connectivity index (χ2v) is 3.58. The number of carbonyl (C=O) groups excluding carboxylic acids is 1. The first-order valence-corrected chi connectivity index (χ1v) is 4.38. The first-order chi connectivity index (χ1) is 6.76. The summed E-state index contributed by atoms with van der Waals surface area (Å²) in [7, 11) is 0. The van der Waals surface area contributed by atoms with Crippen LogP contribution in [0.15, 0.2) is 0 Å². The normalized spacial score (nSPS) is 17.8. The summed E-state index contributed by atoms with van der Waals surface area (Å²) in [5.74, 6) is -0.336. The molecule has 1 amide bonds. The number of aromatic amines is 1. The van der Waals surface area contributed by atoms with Crippen LogP contribution in [0.4, 0.5) is 0 Å². The van der Waals surface area contributed by atoms with Crippen molar-refractivity contribution in [3.05, 3.63) is 5.82 Å². The molecular weight excluding hydrogens is 186 g/mol. The molecule has 0 unspecified atom stereocenters. The smallest absolute Gasteiger partial charge is 0.292 e. The van der Waals surface area contributed by atoms with Gasteiger partial charge >= 0.3 is 0 Å². The summed E-state index contributed by atoms with van der Waals surface area (Å²) in [6.45, 7) is 0.580. The van der Waals surface area contributed by atoms with Crippen LogP contribution in [0.1, 0.15) is 23.5 Å². The van der Waals surface area contributed by atoms with Gasteiger partial charge in [-0.3, -0.25) is 4.79 Å². The largest absolute Gasteiger partial charge is 0.396 e. The van der Waals surface area contributed by atoms with E-state index in [0.29, 0.717) is 6.54 Å². The lowest BCUT2D eigenvalue weighted by atomic mass is 10.1. The third-order valence-electron chi connectivity index (χ3n) is 2.46. The summed E-state index contributed by atoms with van der Waals surface area (Å²) in [5, 5.41) is 24.2. The lowest BCUT2D eigenvalue weighted by Crippen LogP contribution is -2.32. The molecule has 1 fully saturated rings. The number of tetrazole rings is 1. The third-order valence-corrected chi connectivity index (χ3v) is 2.46. The SMILES string of the molecule is O=C(NCC1(CO)CC1)c1nn[nH]n1. The van der Waals surface area contributed by atoms with Gasteiger partial charge in [0.2, 0.25) is 0 Å². The highest BCUT2D eigenvalue weighted by atomic mass is 16.3. The molecule has 1 aliphatic rings. The van der Waals surface area contributed by atoms with Gasteiger partial charge in [0, 0.05) is 12.0 Å². The molecule has 0 aliphatic heterocycles. The first kappa shape index (κ1) is 9.07. The van der Waals surface area contributed by atoms with Gasteiger partial charge in [-0.1, -0.05) is 0 Å². The zero-order valence-corrected chi connectivity index (χ0v) is 7.53. The summed E-state index contributed by atoms with van der Waals surface area (Å²) >= 11 is 0. The van der Waals surface area contributed by atoms with E-state index in [2.05, 4.69) is 25.9 Å². The van der Waals surface area contributed by atoms with E-state index in [1.807, 2.05) is 0 Å². The Hall–Kier alpha value is -1.50. The Morgan fingerprint density at radius 1 is 1.64 bits per heavy atom. The molecule has 2 rings (SSSR count). The van der Waals surface area contributed by atoms with Crippen molar-refractivity contribution in [1.29, 1.82) is 0 Å². The fraction of sp³-hybridized carbons (Fsp3) is 0.714. The predicted octanol–water partition coefficient (Wildman–Crippen LogP) is -1.30. The molecule has 1 heterocycles. The van der Waals surface area contributed by atoms with Gasteiger partial charge in [-0.15, -0.1) is 10.2 Å². The third kappa shape index (κ3) is 1.72. The average molecular weight is 197 g/mol. The minimum atomic E-state index is -0.363. The van der Waals surface area contributed by atoms with Gasteiger partial charge in [0.05, 0.1) is 6.61 Å². The molecule has 0 bridgehead atoms. The quantitative estimate of drug-likeness (QED) is 0.556. The maximum Gasteiger partial charge on any atom is 0.292 e. The van der Waals surface area contributed by atoms with E-state index in [0.717, 1.165) is 12.8 Å². The molecule has 7 heteroatoms. The van der Waals surface area contributed by atoms with E-state index >= 15 is 0 Å². The molecule has 1 saturated carbocycles. The molecule has 1 aliphatic carbocycles. The molecule has 1 aromatic rings. The Bertz CT molecular complexity index is 319. The van der Waals surface area contributed by atoms with Gasteiger partial charge in [0.25, 0.3) is 11.7 Å². The van der Waals surface area contributed by atoms with Crippen LogP contribution in [0.3, 0.4) is 0 Å². The topological polar surface area (TPSA) is 104 Å². The number of rotatable bonds is 4. The summed E-state index contributed by atoms with van der Waals surface area (Å²) in [4.78, 5) is 11.3. The molecule has 0 atom stereocenters. The number of nitrogens with one attached hydrogen (secondary N) is 2. The summed E-state index contributed by atoms with van der Waals surface area (Å²) < 4.78 is 0. The Labute approximate surface area is 79.9 Å².